The number of hydrogen-bond donors (Lipinski definition) is 2. The molecule has 4 nitrogen and oxygen atoms in total. The molecule has 0 aromatic heterocycles. The Labute approximate surface area is 125 Å². The first-order valence-electron chi connectivity index (χ1n) is 7.59. The quantitative estimate of drug-likeness (QED) is 0.616. The normalized spacial score (nSPS) is 30.4. The lowest BCUT2D eigenvalue weighted by Crippen LogP contribution is -2.38. The molecule has 0 spiro atoms. The van der Waals surface area contributed by atoms with E-state index in [-0.39, 0.29) is 28.5 Å². The molecule has 1 aromatic carbocycles. The molecule has 1 heterocycles. The molecule has 2 unspecified atom stereocenters. The number of fused-ring (bicyclic) bond motifs is 2. The number of carbonyl (C=O) groups excluding carboxylic acids is 1. The van der Waals surface area contributed by atoms with E-state index < -0.39 is 0 Å². The molecule has 1 aliphatic carbocycles. The summed E-state index contributed by atoms with van der Waals surface area (Å²) in [5.74, 6) is 0.0380. The van der Waals surface area contributed by atoms with Gasteiger partial charge in [0.05, 0.1) is 5.56 Å². The van der Waals surface area contributed by atoms with Crippen molar-refractivity contribution in [3.8, 4) is 5.75 Å². The third-order valence-corrected chi connectivity index (χ3v) is 4.94. The molecule has 1 saturated carbocycles. The first kappa shape index (κ1) is 14.2. The summed E-state index contributed by atoms with van der Waals surface area (Å²) in [7, 11) is 0. The second-order valence-corrected chi connectivity index (χ2v) is 7.92. The maximum absolute atomic E-state index is 12.9. The van der Waals surface area contributed by atoms with Gasteiger partial charge in [-0.05, 0) is 48.3 Å². The van der Waals surface area contributed by atoms with Crippen LogP contribution in [0.5, 0.6) is 5.75 Å². The minimum absolute atomic E-state index is 0.0465. The Bertz CT molecular complexity index is 596. The van der Waals surface area contributed by atoms with Crippen molar-refractivity contribution in [2.75, 3.05) is 12.3 Å². The molecule has 2 aliphatic rings. The van der Waals surface area contributed by atoms with Crippen LogP contribution in [-0.4, -0.2) is 28.5 Å². The zero-order valence-corrected chi connectivity index (χ0v) is 13.0. The Morgan fingerprint density at radius 2 is 2.05 bits per heavy atom. The summed E-state index contributed by atoms with van der Waals surface area (Å²) in [6.45, 7) is 7.64. The van der Waals surface area contributed by atoms with E-state index in [2.05, 4.69) is 20.8 Å². The van der Waals surface area contributed by atoms with Crippen molar-refractivity contribution in [3.05, 3.63) is 23.8 Å². The van der Waals surface area contributed by atoms with Crippen LogP contribution in [0.3, 0.4) is 0 Å². The van der Waals surface area contributed by atoms with Gasteiger partial charge in [0.2, 0.25) is 0 Å². The van der Waals surface area contributed by atoms with Crippen molar-refractivity contribution in [2.24, 2.45) is 10.8 Å². The average Bonchev–Trinajstić information content (AvgIpc) is 2.61. The Morgan fingerprint density at radius 1 is 1.33 bits per heavy atom. The first-order valence-corrected chi connectivity index (χ1v) is 7.59. The predicted molar refractivity (Wildman–Crippen MR) is 83.1 cm³/mol. The first-order chi connectivity index (χ1) is 9.69. The van der Waals surface area contributed by atoms with Crippen LogP contribution in [0.25, 0.3) is 0 Å². The number of amides is 1. The van der Waals surface area contributed by atoms with E-state index in [1.54, 1.807) is 6.07 Å². The number of carbonyl (C=O) groups is 1. The second-order valence-electron chi connectivity index (χ2n) is 7.92. The van der Waals surface area contributed by atoms with Gasteiger partial charge in [-0.15, -0.1) is 0 Å². The molecule has 1 aliphatic heterocycles. The monoisotopic (exact) mass is 288 g/mol. The van der Waals surface area contributed by atoms with E-state index in [0.717, 1.165) is 25.8 Å². The van der Waals surface area contributed by atoms with E-state index in [0.29, 0.717) is 11.3 Å². The predicted octanol–water partition coefficient (Wildman–Crippen LogP) is 3.02. The zero-order valence-electron chi connectivity index (χ0n) is 13.0. The van der Waals surface area contributed by atoms with Gasteiger partial charge in [0.25, 0.3) is 5.91 Å². The van der Waals surface area contributed by atoms with E-state index in [9.17, 15) is 9.90 Å². The number of nitrogens with two attached hydrogens (primary N) is 1. The van der Waals surface area contributed by atoms with Crippen molar-refractivity contribution >= 4 is 11.6 Å². The number of aromatic hydroxyl groups is 1. The lowest BCUT2D eigenvalue weighted by atomic mass is 9.65. The Kier molecular flexibility index (Phi) is 2.98. The number of likely N-dealkylation sites (tertiary alicyclic amines) is 1. The molecule has 1 amide bonds. The molecule has 4 heteroatoms. The van der Waals surface area contributed by atoms with Gasteiger partial charge >= 0.3 is 0 Å². The smallest absolute Gasteiger partial charge is 0.256 e. The van der Waals surface area contributed by atoms with Crippen LogP contribution in [0.2, 0.25) is 0 Å². The van der Waals surface area contributed by atoms with Crippen molar-refractivity contribution < 1.29 is 9.90 Å². The topological polar surface area (TPSA) is 66.6 Å². The molecule has 2 fully saturated rings. The Hall–Kier alpha value is -1.71. The molecule has 1 aromatic rings. The van der Waals surface area contributed by atoms with Crippen molar-refractivity contribution in [3.63, 3.8) is 0 Å². The fraction of sp³-hybridized carbons (Fsp3) is 0.588. The summed E-state index contributed by atoms with van der Waals surface area (Å²) in [5.41, 5.74) is 7.25. The summed E-state index contributed by atoms with van der Waals surface area (Å²) in [5, 5.41) is 9.62. The zero-order chi connectivity index (χ0) is 15.4. The lowest BCUT2D eigenvalue weighted by Gasteiger charge is -2.39. The van der Waals surface area contributed by atoms with Gasteiger partial charge in [-0.2, -0.15) is 0 Å². The maximum Gasteiger partial charge on any atom is 0.256 e. The molecule has 1 saturated heterocycles. The molecule has 21 heavy (non-hydrogen) atoms. The highest BCUT2D eigenvalue weighted by Gasteiger charge is 2.51. The summed E-state index contributed by atoms with van der Waals surface area (Å²) >= 11 is 0. The van der Waals surface area contributed by atoms with Crippen LogP contribution in [0.1, 0.15) is 50.4 Å². The molecular formula is C17H24N2O2. The number of rotatable bonds is 1. The SMILES string of the molecule is CC1(C)CC2CC(C)(CN2C(=O)c2cc(O)ccc2N)C1. The number of phenols is 1. The second kappa shape index (κ2) is 4.39. The molecular weight excluding hydrogens is 264 g/mol. The highest BCUT2D eigenvalue weighted by Crippen LogP contribution is 2.52. The third kappa shape index (κ3) is 2.47. The van der Waals surface area contributed by atoms with E-state index >= 15 is 0 Å². The van der Waals surface area contributed by atoms with Gasteiger partial charge in [0.15, 0.2) is 0 Å². The molecule has 3 rings (SSSR count). The van der Waals surface area contributed by atoms with Gasteiger partial charge in [-0.25, -0.2) is 0 Å². The van der Waals surface area contributed by atoms with Gasteiger partial charge in [0, 0.05) is 18.3 Å². The summed E-state index contributed by atoms with van der Waals surface area (Å²) in [6, 6.07) is 4.87. The number of anilines is 1. The maximum atomic E-state index is 12.9. The molecule has 3 N–H and O–H groups in total. The molecule has 2 bridgehead atoms. The number of nitrogen functional groups attached to an aromatic ring is 1. The largest absolute Gasteiger partial charge is 0.508 e. The number of hydrogen-bond acceptors (Lipinski definition) is 3. The molecule has 0 radical (unpaired) electrons. The fourth-order valence-electron chi connectivity index (χ4n) is 4.58. The van der Waals surface area contributed by atoms with Gasteiger partial charge in [-0.3, -0.25) is 4.79 Å². The Morgan fingerprint density at radius 3 is 2.76 bits per heavy atom. The van der Waals surface area contributed by atoms with Crippen LogP contribution in [-0.2, 0) is 0 Å². The van der Waals surface area contributed by atoms with Crippen molar-refractivity contribution in [1.29, 1.82) is 0 Å². The number of nitrogens with zero attached hydrogens (tertiary/aromatic N) is 1. The lowest BCUT2D eigenvalue weighted by molar-refractivity contribution is 0.0709. The highest BCUT2D eigenvalue weighted by atomic mass is 16.3. The Balaban J connectivity index is 1.91. The minimum atomic E-state index is -0.0465. The fourth-order valence-corrected chi connectivity index (χ4v) is 4.58. The van der Waals surface area contributed by atoms with Crippen molar-refractivity contribution in [1.82, 2.24) is 4.90 Å². The van der Waals surface area contributed by atoms with Gasteiger partial charge in [0.1, 0.15) is 5.75 Å². The summed E-state index contributed by atoms with van der Waals surface area (Å²) < 4.78 is 0. The van der Waals surface area contributed by atoms with Crippen LogP contribution in [0.4, 0.5) is 5.69 Å². The van der Waals surface area contributed by atoms with Crippen LogP contribution in [0, 0.1) is 10.8 Å². The highest BCUT2D eigenvalue weighted by molar-refractivity contribution is 6.00. The van der Waals surface area contributed by atoms with E-state index in [1.165, 1.54) is 12.1 Å². The summed E-state index contributed by atoms with van der Waals surface area (Å²) in [4.78, 5) is 14.8. The average molecular weight is 288 g/mol. The van der Waals surface area contributed by atoms with Crippen LogP contribution < -0.4 is 5.73 Å². The minimum Gasteiger partial charge on any atom is -0.508 e. The molecule has 2 atom stereocenters. The molecule has 114 valence electrons. The van der Waals surface area contributed by atoms with Gasteiger partial charge < -0.3 is 15.7 Å². The number of phenolic OH excluding ortho intramolecular Hbond substituents is 1. The van der Waals surface area contributed by atoms with E-state index in [1.807, 2.05) is 4.90 Å². The third-order valence-electron chi connectivity index (χ3n) is 4.94. The summed E-state index contributed by atoms with van der Waals surface area (Å²) in [6.07, 6.45) is 3.25. The standard InChI is InChI=1S/C17H24N2O2/c1-16(2)7-11-8-17(3,9-16)10-19(11)15(21)13-6-12(20)4-5-14(13)18/h4-6,11,20H,7-10,18H2,1-3H3. The van der Waals surface area contributed by atoms with Crippen LogP contribution in [0.15, 0.2) is 18.2 Å². The van der Waals surface area contributed by atoms with Crippen molar-refractivity contribution in [2.45, 2.75) is 46.1 Å². The number of benzene rings is 1. The van der Waals surface area contributed by atoms with Gasteiger partial charge in [-0.1, -0.05) is 20.8 Å². The van der Waals surface area contributed by atoms with Crippen LogP contribution >= 0.6 is 0 Å². The van der Waals surface area contributed by atoms with E-state index in [4.69, 9.17) is 5.73 Å².